The Morgan fingerprint density at radius 1 is 1.50 bits per heavy atom. The first-order valence-electron chi connectivity index (χ1n) is 3.95. The number of alkyl halides is 3. The second-order valence-electron chi connectivity index (χ2n) is 2.68. The van der Waals surface area contributed by atoms with E-state index in [1.165, 1.54) is 6.07 Å². The van der Waals surface area contributed by atoms with Crippen LogP contribution in [0.15, 0.2) is 12.3 Å². The minimum atomic E-state index is -4.49. The molecule has 1 heterocycles. The zero-order valence-electron chi connectivity index (χ0n) is 7.39. The molecule has 0 N–H and O–H groups in total. The van der Waals surface area contributed by atoms with Crippen molar-refractivity contribution < 1.29 is 13.2 Å². The van der Waals surface area contributed by atoms with Crippen LogP contribution < -0.4 is 0 Å². The van der Waals surface area contributed by atoms with Crippen LogP contribution in [0.4, 0.5) is 13.2 Å². The maximum atomic E-state index is 12.4. The molecule has 0 atom stereocenters. The maximum Gasteiger partial charge on any atom is 0.417 e. The standard InChI is InChI=1S/C9H7F3N2/c1-2-7-3-8(9(10,11)12)6(4-13)5-14-7/h3,5H,2H2,1H3. The van der Waals surface area contributed by atoms with Crippen LogP contribution in [0.1, 0.15) is 23.7 Å². The van der Waals surface area contributed by atoms with Crippen molar-refractivity contribution in [1.29, 1.82) is 5.26 Å². The minimum absolute atomic E-state index is 0.330. The molecule has 0 bridgehead atoms. The summed E-state index contributed by atoms with van der Waals surface area (Å²) in [5, 5.41) is 8.46. The topological polar surface area (TPSA) is 36.7 Å². The van der Waals surface area contributed by atoms with Gasteiger partial charge in [0.2, 0.25) is 0 Å². The molecule has 1 aromatic heterocycles. The van der Waals surface area contributed by atoms with E-state index in [-0.39, 0.29) is 0 Å². The Kier molecular flexibility index (Phi) is 2.75. The predicted molar refractivity (Wildman–Crippen MR) is 43.3 cm³/mol. The van der Waals surface area contributed by atoms with Crippen molar-refractivity contribution in [1.82, 2.24) is 4.98 Å². The highest BCUT2D eigenvalue weighted by Gasteiger charge is 2.33. The van der Waals surface area contributed by atoms with Gasteiger partial charge in [-0.15, -0.1) is 0 Å². The molecule has 0 aliphatic heterocycles. The zero-order chi connectivity index (χ0) is 10.8. The Bertz CT molecular complexity index is 377. The third-order valence-corrected chi connectivity index (χ3v) is 1.75. The van der Waals surface area contributed by atoms with Gasteiger partial charge in [-0.1, -0.05) is 6.92 Å². The van der Waals surface area contributed by atoms with E-state index < -0.39 is 17.3 Å². The Balaban J connectivity index is 3.31. The molecule has 0 aromatic carbocycles. The Morgan fingerprint density at radius 3 is 2.57 bits per heavy atom. The fourth-order valence-electron chi connectivity index (χ4n) is 1.02. The molecule has 0 spiro atoms. The predicted octanol–water partition coefficient (Wildman–Crippen LogP) is 2.53. The summed E-state index contributed by atoms with van der Waals surface area (Å²) < 4.78 is 37.1. The summed E-state index contributed by atoms with van der Waals surface area (Å²) in [5.41, 5.74) is -1.02. The second kappa shape index (κ2) is 3.66. The molecule has 0 unspecified atom stereocenters. The highest BCUT2D eigenvalue weighted by Crippen LogP contribution is 2.31. The molecule has 0 saturated heterocycles. The van der Waals surface area contributed by atoms with E-state index in [0.29, 0.717) is 12.1 Å². The maximum absolute atomic E-state index is 12.4. The molecule has 5 heteroatoms. The zero-order valence-corrected chi connectivity index (χ0v) is 7.39. The van der Waals surface area contributed by atoms with E-state index in [4.69, 9.17) is 5.26 Å². The summed E-state index contributed by atoms with van der Waals surface area (Å²) in [6.45, 7) is 1.70. The number of rotatable bonds is 1. The lowest BCUT2D eigenvalue weighted by Gasteiger charge is -2.08. The number of halogens is 3. The average molecular weight is 200 g/mol. The number of pyridine rings is 1. The smallest absolute Gasteiger partial charge is 0.260 e. The third kappa shape index (κ3) is 2.02. The molecule has 1 rings (SSSR count). The van der Waals surface area contributed by atoms with Gasteiger partial charge < -0.3 is 0 Å². The van der Waals surface area contributed by atoms with Crippen LogP contribution >= 0.6 is 0 Å². The van der Waals surface area contributed by atoms with Crippen LogP contribution in [0.25, 0.3) is 0 Å². The molecule has 14 heavy (non-hydrogen) atoms. The van der Waals surface area contributed by atoms with Crippen molar-refractivity contribution in [3.63, 3.8) is 0 Å². The normalized spacial score (nSPS) is 11.1. The first-order valence-corrected chi connectivity index (χ1v) is 3.95. The summed E-state index contributed by atoms with van der Waals surface area (Å²) in [6, 6.07) is 2.39. The summed E-state index contributed by atoms with van der Waals surface area (Å²) >= 11 is 0. The highest BCUT2D eigenvalue weighted by molar-refractivity contribution is 5.38. The van der Waals surface area contributed by atoms with Gasteiger partial charge in [0.25, 0.3) is 0 Å². The Hall–Kier alpha value is -1.57. The van der Waals surface area contributed by atoms with Gasteiger partial charge in [0.15, 0.2) is 0 Å². The van der Waals surface area contributed by atoms with Gasteiger partial charge in [0, 0.05) is 11.9 Å². The lowest BCUT2D eigenvalue weighted by atomic mass is 10.1. The van der Waals surface area contributed by atoms with Gasteiger partial charge in [0.05, 0.1) is 11.1 Å². The number of nitrogens with zero attached hydrogens (tertiary/aromatic N) is 2. The van der Waals surface area contributed by atoms with Gasteiger partial charge in [0.1, 0.15) is 6.07 Å². The van der Waals surface area contributed by atoms with Crippen LogP contribution in [0, 0.1) is 11.3 Å². The van der Waals surface area contributed by atoms with Crippen molar-refractivity contribution >= 4 is 0 Å². The van der Waals surface area contributed by atoms with Crippen molar-refractivity contribution in [3.05, 3.63) is 29.1 Å². The molecule has 2 nitrogen and oxygen atoms in total. The van der Waals surface area contributed by atoms with Gasteiger partial charge in [-0.25, -0.2) is 0 Å². The number of hydrogen-bond donors (Lipinski definition) is 0. The summed E-state index contributed by atoms with van der Waals surface area (Å²) in [4.78, 5) is 3.72. The van der Waals surface area contributed by atoms with Crippen LogP contribution in [0.5, 0.6) is 0 Å². The lowest BCUT2D eigenvalue weighted by molar-refractivity contribution is -0.137. The number of aromatic nitrogens is 1. The molecule has 0 radical (unpaired) electrons. The SMILES string of the molecule is CCc1cc(C(F)(F)F)c(C#N)cn1. The van der Waals surface area contributed by atoms with Gasteiger partial charge in [-0.2, -0.15) is 18.4 Å². The highest BCUT2D eigenvalue weighted by atomic mass is 19.4. The van der Waals surface area contributed by atoms with E-state index in [9.17, 15) is 13.2 Å². The molecule has 74 valence electrons. The minimum Gasteiger partial charge on any atom is -0.260 e. The first-order chi connectivity index (χ1) is 6.49. The van der Waals surface area contributed by atoms with Crippen molar-refractivity contribution in [2.75, 3.05) is 0 Å². The van der Waals surface area contributed by atoms with Crippen LogP contribution in [0.2, 0.25) is 0 Å². The average Bonchev–Trinajstić information content (AvgIpc) is 2.15. The van der Waals surface area contributed by atoms with E-state index in [1.54, 1.807) is 6.92 Å². The van der Waals surface area contributed by atoms with Gasteiger partial charge in [-0.05, 0) is 12.5 Å². The second-order valence-corrected chi connectivity index (χ2v) is 2.68. The van der Waals surface area contributed by atoms with Gasteiger partial charge >= 0.3 is 6.18 Å². The van der Waals surface area contributed by atoms with Crippen LogP contribution in [-0.2, 0) is 12.6 Å². The van der Waals surface area contributed by atoms with Crippen molar-refractivity contribution in [2.24, 2.45) is 0 Å². The quantitative estimate of drug-likeness (QED) is 0.698. The lowest BCUT2D eigenvalue weighted by Crippen LogP contribution is -2.09. The number of aryl methyl sites for hydroxylation is 1. The first kappa shape index (κ1) is 10.5. The summed E-state index contributed by atoms with van der Waals surface area (Å²) in [6.07, 6.45) is -3.12. The molecule has 0 saturated carbocycles. The van der Waals surface area contributed by atoms with Gasteiger partial charge in [-0.3, -0.25) is 4.98 Å². The molecule has 1 aromatic rings. The monoisotopic (exact) mass is 200 g/mol. The fraction of sp³-hybridized carbons (Fsp3) is 0.333. The Labute approximate surface area is 79.0 Å². The molecule has 0 amide bonds. The van der Waals surface area contributed by atoms with E-state index in [2.05, 4.69) is 4.98 Å². The van der Waals surface area contributed by atoms with E-state index in [1.807, 2.05) is 0 Å². The largest absolute Gasteiger partial charge is 0.417 e. The number of nitriles is 1. The van der Waals surface area contributed by atoms with Crippen LogP contribution in [-0.4, -0.2) is 4.98 Å². The molecular formula is C9H7F3N2. The Morgan fingerprint density at radius 2 is 2.14 bits per heavy atom. The molecule has 0 fully saturated rings. The van der Waals surface area contributed by atoms with E-state index >= 15 is 0 Å². The summed E-state index contributed by atoms with van der Waals surface area (Å²) in [7, 11) is 0. The third-order valence-electron chi connectivity index (χ3n) is 1.75. The van der Waals surface area contributed by atoms with Crippen molar-refractivity contribution in [3.8, 4) is 6.07 Å². The van der Waals surface area contributed by atoms with Crippen LogP contribution in [0.3, 0.4) is 0 Å². The molecular weight excluding hydrogens is 193 g/mol. The molecule has 0 aliphatic rings. The van der Waals surface area contributed by atoms with Crippen molar-refractivity contribution in [2.45, 2.75) is 19.5 Å². The number of hydrogen-bond acceptors (Lipinski definition) is 2. The summed E-state index contributed by atoms with van der Waals surface area (Å²) in [5.74, 6) is 0. The molecule has 0 aliphatic carbocycles. The fourth-order valence-corrected chi connectivity index (χ4v) is 1.02. The van der Waals surface area contributed by atoms with E-state index in [0.717, 1.165) is 12.3 Å².